The first-order valence-corrected chi connectivity index (χ1v) is 8.12. The molecule has 0 radical (unpaired) electrons. The van der Waals surface area contributed by atoms with E-state index >= 15 is 0 Å². The lowest BCUT2D eigenvalue weighted by molar-refractivity contribution is 0.454. The normalized spacial score (nSPS) is 21.4. The van der Waals surface area contributed by atoms with Gasteiger partial charge in [-0.1, -0.05) is 42.5 Å². The maximum atomic E-state index is 12.8. The van der Waals surface area contributed by atoms with Gasteiger partial charge < -0.3 is 10.2 Å². The van der Waals surface area contributed by atoms with Gasteiger partial charge in [0.05, 0.1) is 0 Å². The Balaban J connectivity index is 2.06. The number of rotatable bonds is 2. The summed E-state index contributed by atoms with van der Waals surface area (Å²) in [6.45, 7) is 0.735. The van der Waals surface area contributed by atoms with Crippen LogP contribution >= 0.6 is 7.37 Å². The summed E-state index contributed by atoms with van der Waals surface area (Å²) in [5, 5.41) is 3.70. The van der Waals surface area contributed by atoms with Crippen LogP contribution in [0.1, 0.15) is 16.9 Å². The van der Waals surface area contributed by atoms with Gasteiger partial charge in [0, 0.05) is 11.8 Å². The van der Waals surface area contributed by atoms with Crippen molar-refractivity contribution in [1.82, 2.24) is 5.32 Å². The molecule has 2 aromatic rings. The molecular formula is C15H16NO2P. The van der Waals surface area contributed by atoms with Crippen LogP contribution in [0.15, 0.2) is 54.6 Å². The summed E-state index contributed by atoms with van der Waals surface area (Å²) in [5.41, 5.74) is 2.11. The molecule has 0 bridgehead atoms. The fourth-order valence-electron chi connectivity index (χ4n) is 2.59. The van der Waals surface area contributed by atoms with E-state index in [1.807, 2.05) is 30.3 Å². The average Bonchev–Trinajstić information content (AvgIpc) is 2.47. The zero-order valence-electron chi connectivity index (χ0n) is 10.5. The van der Waals surface area contributed by atoms with Crippen LogP contribution in [0.4, 0.5) is 0 Å². The van der Waals surface area contributed by atoms with Gasteiger partial charge in [-0.2, -0.15) is 0 Å². The summed E-state index contributed by atoms with van der Waals surface area (Å²) >= 11 is 0. The van der Waals surface area contributed by atoms with Crippen molar-refractivity contribution in [2.75, 3.05) is 6.54 Å². The highest BCUT2D eigenvalue weighted by Gasteiger charge is 2.36. The van der Waals surface area contributed by atoms with Crippen molar-refractivity contribution in [3.05, 3.63) is 65.7 Å². The van der Waals surface area contributed by atoms with Gasteiger partial charge in [-0.25, -0.2) is 0 Å². The molecule has 0 saturated heterocycles. The van der Waals surface area contributed by atoms with Crippen LogP contribution < -0.4 is 10.6 Å². The molecule has 2 N–H and O–H groups in total. The Morgan fingerprint density at radius 1 is 1.05 bits per heavy atom. The molecule has 0 saturated carbocycles. The maximum absolute atomic E-state index is 12.8. The fourth-order valence-corrected chi connectivity index (χ4v) is 4.49. The van der Waals surface area contributed by atoms with E-state index in [0.29, 0.717) is 5.30 Å². The van der Waals surface area contributed by atoms with Crippen molar-refractivity contribution >= 4 is 12.7 Å². The van der Waals surface area contributed by atoms with Crippen LogP contribution in [0.5, 0.6) is 0 Å². The molecule has 0 amide bonds. The smallest absolute Gasteiger partial charge is 0.250 e. The van der Waals surface area contributed by atoms with Crippen LogP contribution in [0.25, 0.3) is 0 Å². The van der Waals surface area contributed by atoms with Crippen LogP contribution in [-0.2, 0) is 11.0 Å². The standard InChI is InChI=1S/C15H16NO2P/c17-19(18,13-7-2-1-3-8-13)15-14-9-5-4-6-12(14)10-11-16-15/h1-9,15-16H,10-11H2,(H,17,18). The van der Waals surface area contributed by atoms with Crippen molar-refractivity contribution < 1.29 is 9.46 Å². The van der Waals surface area contributed by atoms with E-state index in [4.69, 9.17) is 0 Å². The van der Waals surface area contributed by atoms with Crippen molar-refractivity contribution in [3.63, 3.8) is 0 Å². The molecule has 3 nitrogen and oxygen atoms in total. The first kappa shape index (κ1) is 12.6. The third-order valence-electron chi connectivity index (χ3n) is 3.56. The molecule has 3 rings (SSSR count). The summed E-state index contributed by atoms with van der Waals surface area (Å²) < 4.78 is 12.8. The van der Waals surface area contributed by atoms with Crippen LogP contribution in [-0.4, -0.2) is 11.4 Å². The zero-order chi connectivity index (χ0) is 13.3. The van der Waals surface area contributed by atoms with Gasteiger partial charge in [-0.05, 0) is 29.7 Å². The van der Waals surface area contributed by atoms with E-state index in [9.17, 15) is 9.46 Å². The van der Waals surface area contributed by atoms with E-state index in [0.717, 1.165) is 24.1 Å². The second kappa shape index (κ2) is 4.93. The minimum absolute atomic E-state index is 0.500. The summed E-state index contributed by atoms with van der Waals surface area (Å²) in [6.07, 6.45) is 0.904. The lowest BCUT2D eigenvalue weighted by Gasteiger charge is -2.30. The molecule has 1 aliphatic rings. The fraction of sp³-hybridized carbons (Fsp3) is 0.200. The Morgan fingerprint density at radius 2 is 1.74 bits per heavy atom. The monoisotopic (exact) mass is 273 g/mol. The van der Waals surface area contributed by atoms with Gasteiger partial charge in [0.1, 0.15) is 5.78 Å². The Hall–Kier alpha value is -1.41. The molecule has 0 aromatic heterocycles. The Morgan fingerprint density at radius 3 is 2.53 bits per heavy atom. The van der Waals surface area contributed by atoms with E-state index in [2.05, 4.69) is 5.32 Å². The van der Waals surface area contributed by atoms with Crippen LogP contribution in [0.3, 0.4) is 0 Å². The second-order valence-electron chi connectivity index (χ2n) is 4.76. The predicted molar refractivity (Wildman–Crippen MR) is 76.8 cm³/mol. The average molecular weight is 273 g/mol. The second-order valence-corrected chi connectivity index (χ2v) is 7.04. The highest BCUT2D eigenvalue weighted by molar-refractivity contribution is 7.66. The molecule has 19 heavy (non-hydrogen) atoms. The molecule has 98 valence electrons. The summed E-state index contributed by atoms with van der Waals surface area (Å²) in [5.74, 6) is -0.500. The topological polar surface area (TPSA) is 49.3 Å². The Bertz CT molecular complexity index is 627. The molecule has 0 spiro atoms. The van der Waals surface area contributed by atoms with Gasteiger partial charge in [0.2, 0.25) is 7.37 Å². The third kappa shape index (κ3) is 2.25. The Kier molecular flexibility index (Phi) is 3.28. The van der Waals surface area contributed by atoms with E-state index in [1.165, 1.54) is 0 Å². The van der Waals surface area contributed by atoms with E-state index in [1.54, 1.807) is 24.3 Å². The first-order valence-electron chi connectivity index (χ1n) is 6.39. The number of nitrogens with one attached hydrogen (secondary N) is 1. The molecule has 2 aromatic carbocycles. The largest absolute Gasteiger partial charge is 0.340 e. The predicted octanol–water partition coefficient (Wildman–Crippen LogP) is 2.43. The quantitative estimate of drug-likeness (QED) is 0.826. The van der Waals surface area contributed by atoms with Crippen molar-refractivity contribution in [2.24, 2.45) is 0 Å². The van der Waals surface area contributed by atoms with Crippen LogP contribution in [0.2, 0.25) is 0 Å². The van der Waals surface area contributed by atoms with Crippen LogP contribution in [0, 0.1) is 0 Å². The first-order chi connectivity index (χ1) is 9.19. The number of hydrogen-bond acceptors (Lipinski definition) is 2. The summed E-state index contributed by atoms with van der Waals surface area (Å²) in [7, 11) is -3.46. The van der Waals surface area contributed by atoms with Gasteiger partial charge in [-0.15, -0.1) is 0 Å². The molecule has 0 fully saturated rings. The minimum Gasteiger partial charge on any atom is -0.340 e. The SMILES string of the molecule is O=P(O)(c1ccccc1)C1NCCc2ccccc21. The highest BCUT2D eigenvalue weighted by Crippen LogP contribution is 2.54. The minimum atomic E-state index is -3.46. The zero-order valence-corrected chi connectivity index (χ0v) is 11.4. The molecule has 4 heteroatoms. The number of hydrogen-bond donors (Lipinski definition) is 2. The molecule has 1 aliphatic heterocycles. The summed E-state index contributed by atoms with van der Waals surface area (Å²) in [6, 6.07) is 16.8. The lowest BCUT2D eigenvalue weighted by Crippen LogP contribution is -2.32. The maximum Gasteiger partial charge on any atom is 0.250 e. The highest BCUT2D eigenvalue weighted by atomic mass is 31.2. The van der Waals surface area contributed by atoms with E-state index in [-0.39, 0.29) is 0 Å². The van der Waals surface area contributed by atoms with Crippen molar-refractivity contribution in [2.45, 2.75) is 12.2 Å². The number of benzene rings is 2. The Labute approximate surface area is 112 Å². The van der Waals surface area contributed by atoms with E-state index < -0.39 is 13.2 Å². The van der Waals surface area contributed by atoms with Gasteiger partial charge in [-0.3, -0.25) is 4.57 Å². The molecular weight excluding hydrogens is 257 g/mol. The van der Waals surface area contributed by atoms with Crippen molar-refractivity contribution in [1.29, 1.82) is 0 Å². The molecule has 2 atom stereocenters. The molecule has 2 unspecified atom stereocenters. The van der Waals surface area contributed by atoms with Gasteiger partial charge >= 0.3 is 0 Å². The van der Waals surface area contributed by atoms with Crippen molar-refractivity contribution in [3.8, 4) is 0 Å². The number of fused-ring (bicyclic) bond motifs is 1. The third-order valence-corrected chi connectivity index (χ3v) is 5.76. The molecule has 1 heterocycles. The molecule has 0 aliphatic carbocycles. The lowest BCUT2D eigenvalue weighted by atomic mass is 10.0. The summed E-state index contributed by atoms with van der Waals surface area (Å²) in [4.78, 5) is 10.6. The van der Waals surface area contributed by atoms with Gasteiger partial charge in [0.25, 0.3) is 0 Å². The van der Waals surface area contributed by atoms with Gasteiger partial charge in [0.15, 0.2) is 0 Å².